The van der Waals surface area contributed by atoms with Crippen molar-refractivity contribution < 1.29 is 23.7 Å². The minimum absolute atomic E-state index is 0.249. The van der Waals surface area contributed by atoms with Crippen LogP contribution < -0.4 is 25.1 Å². The number of aromatic amines is 1. The highest BCUT2D eigenvalue weighted by atomic mass is 35.5. The summed E-state index contributed by atoms with van der Waals surface area (Å²) >= 11 is 7.62. The molecule has 0 spiro atoms. The number of methoxy groups -OCH3 is 4. The van der Waals surface area contributed by atoms with E-state index in [1.165, 1.54) is 40.2 Å². The van der Waals surface area contributed by atoms with Crippen LogP contribution in [0, 0.1) is 0 Å². The van der Waals surface area contributed by atoms with Gasteiger partial charge in [-0.3, -0.25) is 4.79 Å². The number of ether oxygens (including phenoxy) is 4. The van der Waals surface area contributed by atoms with E-state index >= 15 is 0 Å². The van der Waals surface area contributed by atoms with Crippen LogP contribution in [0.15, 0.2) is 57.6 Å². The molecule has 11 heteroatoms. The van der Waals surface area contributed by atoms with Gasteiger partial charge in [-0.1, -0.05) is 47.6 Å². The van der Waals surface area contributed by atoms with Crippen LogP contribution in [0.5, 0.6) is 17.2 Å². The maximum Gasteiger partial charge on any atom is 0.336 e. The molecule has 0 radical (unpaired) electrons. The van der Waals surface area contributed by atoms with Gasteiger partial charge in [-0.2, -0.15) is 0 Å². The summed E-state index contributed by atoms with van der Waals surface area (Å²) in [6.45, 7) is 1.73. The predicted molar refractivity (Wildman–Crippen MR) is 142 cm³/mol. The smallest absolute Gasteiger partial charge is 0.336 e. The third-order valence-corrected chi connectivity index (χ3v) is 7.28. The van der Waals surface area contributed by atoms with Crippen LogP contribution in [-0.4, -0.2) is 44.4 Å². The first-order valence-corrected chi connectivity index (χ1v) is 12.6. The third-order valence-electron chi connectivity index (χ3n) is 5.99. The highest BCUT2D eigenvalue weighted by molar-refractivity contribution is 7.98. The van der Waals surface area contributed by atoms with E-state index in [0.29, 0.717) is 50.3 Å². The maximum atomic E-state index is 13.5. The van der Waals surface area contributed by atoms with Crippen LogP contribution in [0.3, 0.4) is 0 Å². The zero-order chi connectivity index (χ0) is 26.7. The number of nitrogens with zero attached hydrogens (tertiary/aromatic N) is 1. The number of benzene rings is 2. The first-order valence-electron chi connectivity index (χ1n) is 11.2. The van der Waals surface area contributed by atoms with E-state index in [4.69, 9.17) is 30.5 Å². The van der Waals surface area contributed by atoms with Crippen molar-refractivity contribution in [3.63, 3.8) is 0 Å². The van der Waals surface area contributed by atoms with E-state index in [1.54, 1.807) is 19.1 Å². The number of thioether (sulfide) groups is 1. The van der Waals surface area contributed by atoms with E-state index in [0.717, 1.165) is 5.56 Å². The molecule has 0 bridgehead atoms. The van der Waals surface area contributed by atoms with Gasteiger partial charge in [-0.05, 0) is 24.6 Å². The molecule has 0 amide bonds. The number of aromatic nitrogens is 2. The van der Waals surface area contributed by atoms with Gasteiger partial charge < -0.3 is 29.2 Å². The summed E-state index contributed by atoms with van der Waals surface area (Å²) in [7, 11) is 5.77. The summed E-state index contributed by atoms with van der Waals surface area (Å²) in [5, 5.41) is 4.16. The van der Waals surface area contributed by atoms with Crippen molar-refractivity contribution in [3.05, 3.63) is 79.7 Å². The Labute approximate surface area is 223 Å². The lowest BCUT2D eigenvalue weighted by atomic mass is 9.81. The van der Waals surface area contributed by atoms with Crippen molar-refractivity contribution in [1.82, 2.24) is 9.97 Å². The molecule has 0 saturated heterocycles. The largest absolute Gasteiger partial charge is 0.493 e. The van der Waals surface area contributed by atoms with Crippen LogP contribution in [-0.2, 0) is 15.3 Å². The molecule has 2 heterocycles. The number of carbonyl (C=O) groups is 1. The fourth-order valence-corrected chi connectivity index (χ4v) is 5.45. The summed E-state index contributed by atoms with van der Waals surface area (Å²) in [5.74, 6) is 0.502. The zero-order valence-corrected chi connectivity index (χ0v) is 22.5. The van der Waals surface area contributed by atoms with E-state index in [9.17, 15) is 9.59 Å². The maximum absolute atomic E-state index is 13.5. The van der Waals surface area contributed by atoms with Gasteiger partial charge in [0.2, 0.25) is 5.75 Å². The lowest BCUT2D eigenvalue weighted by Gasteiger charge is -2.30. The molecule has 0 fully saturated rings. The van der Waals surface area contributed by atoms with E-state index in [2.05, 4.69) is 15.3 Å². The number of carbonyl (C=O) groups excluding carboxylic acids is 1. The van der Waals surface area contributed by atoms with Gasteiger partial charge in [0.15, 0.2) is 16.7 Å². The molecule has 1 aliphatic heterocycles. The molecule has 194 valence electrons. The second kappa shape index (κ2) is 11.2. The van der Waals surface area contributed by atoms with Crippen molar-refractivity contribution in [2.75, 3.05) is 33.8 Å². The molecule has 9 nitrogen and oxygen atoms in total. The quantitative estimate of drug-likeness (QED) is 0.236. The van der Waals surface area contributed by atoms with E-state index in [-0.39, 0.29) is 11.1 Å². The average molecular weight is 544 g/mol. The molecule has 3 aromatic rings. The number of anilines is 1. The molecular weight excluding hydrogens is 518 g/mol. The van der Waals surface area contributed by atoms with Crippen LogP contribution in [0.25, 0.3) is 0 Å². The number of hydrogen-bond acceptors (Lipinski definition) is 9. The van der Waals surface area contributed by atoms with Gasteiger partial charge in [0.05, 0.1) is 45.5 Å². The Bertz CT molecular complexity index is 1440. The van der Waals surface area contributed by atoms with E-state index in [1.807, 2.05) is 24.3 Å². The molecule has 2 N–H and O–H groups in total. The summed E-state index contributed by atoms with van der Waals surface area (Å²) in [6.07, 6.45) is 0. The normalized spacial score (nSPS) is 14.5. The van der Waals surface area contributed by atoms with Crippen molar-refractivity contribution in [2.45, 2.75) is 23.8 Å². The van der Waals surface area contributed by atoms with Gasteiger partial charge >= 0.3 is 5.97 Å². The van der Waals surface area contributed by atoms with Crippen LogP contribution in [0.4, 0.5) is 5.82 Å². The Morgan fingerprint density at radius 1 is 1.05 bits per heavy atom. The SMILES string of the molecule is COC(=O)C1=C(C)Nc2nc(SCc3ccccc3Cl)[nH]c(=O)c2C1c1ccc(OC)c(OC)c1OC. The van der Waals surface area contributed by atoms with Crippen LogP contribution in [0.2, 0.25) is 5.02 Å². The van der Waals surface area contributed by atoms with Crippen LogP contribution in [0.1, 0.15) is 29.5 Å². The molecule has 0 saturated carbocycles. The summed E-state index contributed by atoms with van der Waals surface area (Å²) in [4.78, 5) is 34.0. The number of rotatable bonds is 8. The van der Waals surface area contributed by atoms with Crippen LogP contribution >= 0.6 is 23.4 Å². The number of allylic oxidation sites excluding steroid dienone is 1. The summed E-state index contributed by atoms with van der Waals surface area (Å²) in [6, 6.07) is 10.9. The van der Waals surface area contributed by atoms with Crippen molar-refractivity contribution in [3.8, 4) is 17.2 Å². The standard InChI is InChI=1S/C26H26ClN3O6S/c1-13-18(25(32)36-5)19(15-10-11-17(33-2)22(35-4)21(15)34-3)20-23(28-13)29-26(30-24(20)31)37-12-14-8-6-7-9-16(14)27/h6-11,19H,12H2,1-5H3,(H2,28,29,30,31). The van der Waals surface area contributed by atoms with Crippen molar-refractivity contribution in [2.24, 2.45) is 0 Å². The second-order valence-electron chi connectivity index (χ2n) is 8.03. The molecule has 37 heavy (non-hydrogen) atoms. The van der Waals surface area contributed by atoms with Gasteiger partial charge in [0, 0.05) is 22.0 Å². The van der Waals surface area contributed by atoms with E-state index < -0.39 is 17.4 Å². The van der Waals surface area contributed by atoms with Gasteiger partial charge in [-0.25, -0.2) is 9.78 Å². The second-order valence-corrected chi connectivity index (χ2v) is 9.40. The first kappa shape index (κ1) is 26.4. The Balaban J connectivity index is 1.86. The number of hydrogen-bond donors (Lipinski definition) is 2. The Morgan fingerprint density at radius 3 is 2.43 bits per heavy atom. The van der Waals surface area contributed by atoms with Gasteiger partial charge in [0.25, 0.3) is 5.56 Å². The number of H-pyrrole nitrogens is 1. The summed E-state index contributed by atoms with van der Waals surface area (Å²) < 4.78 is 21.7. The first-order chi connectivity index (χ1) is 17.8. The monoisotopic (exact) mass is 543 g/mol. The topological polar surface area (TPSA) is 112 Å². The fourth-order valence-electron chi connectivity index (χ4n) is 4.30. The Kier molecular flexibility index (Phi) is 7.99. The molecule has 4 rings (SSSR count). The molecular formula is C26H26ClN3O6S. The lowest BCUT2D eigenvalue weighted by Crippen LogP contribution is -2.31. The van der Waals surface area contributed by atoms with Gasteiger partial charge in [0.1, 0.15) is 5.82 Å². The number of fused-ring (bicyclic) bond motifs is 1. The molecule has 2 aromatic carbocycles. The number of esters is 1. The zero-order valence-electron chi connectivity index (χ0n) is 20.9. The van der Waals surface area contributed by atoms with Crippen molar-refractivity contribution >= 4 is 35.1 Å². The molecule has 0 aliphatic carbocycles. The number of halogens is 1. The lowest BCUT2D eigenvalue weighted by molar-refractivity contribution is -0.136. The number of nitrogens with one attached hydrogen (secondary N) is 2. The Hall–Kier alpha value is -3.63. The van der Waals surface area contributed by atoms with Gasteiger partial charge in [-0.15, -0.1) is 0 Å². The highest BCUT2D eigenvalue weighted by Gasteiger charge is 2.39. The predicted octanol–water partition coefficient (Wildman–Crippen LogP) is 4.75. The third kappa shape index (κ3) is 4.99. The molecule has 1 aliphatic rings. The molecule has 1 atom stereocenters. The summed E-state index contributed by atoms with van der Waals surface area (Å²) in [5.41, 5.74) is 2.03. The van der Waals surface area contributed by atoms with Crippen molar-refractivity contribution in [1.29, 1.82) is 0 Å². The Morgan fingerprint density at radius 2 is 1.78 bits per heavy atom. The minimum Gasteiger partial charge on any atom is -0.493 e. The molecule has 1 unspecified atom stereocenters. The molecule has 1 aromatic heterocycles. The highest BCUT2D eigenvalue weighted by Crippen LogP contribution is 2.48. The fraction of sp³-hybridized carbons (Fsp3) is 0.269. The average Bonchev–Trinajstić information content (AvgIpc) is 2.90. The minimum atomic E-state index is -0.850.